The maximum Gasteiger partial charge on any atom is 0.337 e. The first kappa shape index (κ1) is 30.3. The van der Waals surface area contributed by atoms with Crippen molar-refractivity contribution < 1.29 is 29.0 Å². The minimum atomic E-state index is -0.912. The number of ether oxygens (including phenoxy) is 1. The number of aromatic hydroxyl groups is 1. The Hall–Kier alpha value is -5.16. The molecular formula is C33H35N5O6. The number of esters is 1. The molecule has 3 aromatic carbocycles. The van der Waals surface area contributed by atoms with E-state index in [0.29, 0.717) is 11.1 Å². The van der Waals surface area contributed by atoms with Crippen LogP contribution in [-0.2, 0) is 33.8 Å². The van der Waals surface area contributed by atoms with Crippen molar-refractivity contribution in [1.82, 2.24) is 25.1 Å². The van der Waals surface area contributed by atoms with Gasteiger partial charge in [-0.15, -0.1) is 6.58 Å². The third kappa shape index (κ3) is 6.57. The Labute approximate surface area is 255 Å². The maximum atomic E-state index is 14.1. The number of phenolic OH excluding ortho intramolecular Hbond substituents is 1. The Balaban J connectivity index is 1.50. The zero-order valence-electron chi connectivity index (χ0n) is 24.5. The summed E-state index contributed by atoms with van der Waals surface area (Å²) < 4.78 is 4.86. The van der Waals surface area contributed by atoms with E-state index in [1.54, 1.807) is 52.4 Å². The molecule has 3 aromatic rings. The molecule has 0 aliphatic carbocycles. The third-order valence-corrected chi connectivity index (χ3v) is 7.75. The van der Waals surface area contributed by atoms with Crippen molar-refractivity contribution in [1.29, 1.82) is 0 Å². The van der Waals surface area contributed by atoms with E-state index in [0.717, 1.165) is 11.1 Å². The monoisotopic (exact) mass is 597 g/mol. The summed E-state index contributed by atoms with van der Waals surface area (Å²) in [7, 11) is 1.30. The number of phenols is 1. The standard InChI is InChI=1S/C33H35N5O6/c1-3-16-36-22-30(40)37-28(18-23-12-14-27(39)15-13-23)31(41)35(20-25-10-7-11-26(17-25)32(42)44-2)21-29(37)38(36)33(43)34-19-24-8-5-4-6-9-24/h3-15,17,28-29,39H,1,16,18-22H2,2H3,(H,34,43)/t28-,29?/m0/s1. The van der Waals surface area contributed by atoms with E-state index in [1.165, 1.54) is 29.2 Å². The molecule has 0 saturated carbocycles. The van der Waals surface area contributed by atoms with Gasteiger partial charge in [-0.3, -0.25) is 9.59 Å². The number of benzene rings is 3. The molecule has 2 aliphatic rings. The first-order valence-corrected chi connectivity index (χ1v) is 14.3. The van der Waals surface area contributed by atoms with Crippen LogP contribution in [0, 0.1) is 0 Å². The number of nitrogens with one attached hydrogen (secondary N) is 1. The number of carbonyl (C=O) groups is 4. The number of rotatable bonds is 9. The van der Waals surface area contributed by atoms with Crippen LogP contribution < -0.4 is 5.32 Å². The number of methoxy groups -OCH3 is 1. The number of amides is 4. The molecular weight excluding hydrogens is 562 g/mol. The highest BCUT2D eigenvalue weighted by Crippen LogP contribution is 2.30. The van der Waals surface area contributed by atoms with Gasteiger partial charge in [0.2, 0.25) is 11.8 Å². The van der Waals surface area contributed by atoms with Gasteiger partial charge in [0.05, 0.1) is 25.8 Å². The summed E-state index contributed by atoms with van der Waals surface area (Å²) >= 11 is 0. The lowest BCUT2D eigenvalue weighted by atomic mass is 9.98. The van der Waals surface area contributed by atoms with E-state index in [2.05, 4.69) is 11.9 Å². The fraction of sp³-hybridized carbons (Fsp3) is 0.273. The van der Waals surface area contributed by atoms with Gasteiger partial charge in [-0.2, -0.15) is 0 Å². The summed E-state index contributed by atoms with van der Waals surface area (Å²) in [5.41, 5.74) is 2.71. The average molecular weight is 598 g/mol. The second-order valence-corrected chi connectivity index (χ2v) is 10.7. The van der Waals surface area contributed by atoms with E-state index in [1.807, 2.05) is 30.3 Å². The Morgan fingerprint density at radius 2 is 1.73 bits per heavy atom. The maximum absolute atomic E-state index is 14.1. The van der Waals surface area contributed by atoms with Crippen molar-refractivity contribution in [2.24, 2.45) is 0 Å². The Morgan fingerprint density at radius 1 is 1.00 bits per heavy atom. The molecule has 2 fully saturated rings. The summed E-state index contributed by atoms with van der Waals surface area (Å²) in [6.45, 7) is 4.42. The number of piperazine rings is 1. The summed E-state index contributed by atoms with van der Waals surface area (Å²) in [4.78, 5) is 57.0. The number of hydrogen-bond donors (Lipinski definition) is 2. The van der Waals surface area contributed by atoms with Gasteiger partial charge in [0.1, 0.15) is 18.0 Å². The molecule has 0 radical (unpaired) electrons. The van der Waals surface area contributed by atoms with Crippen molar-refractivity contribution in [2.45, 2.75) is 31.7 Å². The topological polar surface area (TPSA) is 123 Å². The van der Waals surface area contributed by atoms with Gasteiger partial charge >= 0.3 is 12.0 Å². The van der Waals surface area contributed by atoms with Crippen LogP contribution in [0.5, 0.6) is 5.75 Å². The molecule has 0 bridgehead atoms. The van der Waals surface area contributed by atoms with E-state index < -0.39 is 24.2 Å². The van der Waals surface area contributed by atoms with Crippen molar-refractivity contribution >= 4 is 23.8 Å². The first-order chi connectivity index (χ1) is 21.3. The molecule has 5 rings (SSSR count). The van der Waals surface area contributed by atoms with Gasteiger partial charge in [-0.05, 0) is 41.0 Å². The SMILES string of the molecule is C=CCN1CC(=O)N2C(CN(Cc3cccc(C(=O)OC)c3)C(=O)[C@@H]2Cc2ccc(O)cc2)N1C(=O)NCc1ccccc1. The van der Waals surface area contributed by atoms with E-state index >= 15 is 0 Å². The average Bonchev–Trinajstić information content (AvgIpc) is 3.03. The molecule has 1 unspecified atom stereocenters. The number of hydrazine groups is 1. The van der Waals surface area contributed by atoms with E-state index in [9.17, 15) is 24.3 Å². The molecule has 4 amide bonds. The van der Waals surface area contributed by atoms with Crippen molar-refractivity contribution in [2.75, 3.05) is 26.7 Å². The molecule has 2 N–H and O–H groups in total. The Bertz CT molecular complexity index is 1530. The fourth-order valence-electron chi connectivity index (χ4n) is 5.69. The second-order valence-electron chi connectivity index (χ2n) is 10.7. The zero-order valence-corrected chi connectivity index (χ0v) is 24.5. The third-order valence-electron chi connectivity index (χ3n) is 7.75. The predicted octanol–water partition coefficient (Wildman–Crippen LogP) is 2.92. The van der Waals surface area contributed by atoms with Gasteiger partial charge in [0, 0.05) is 26.1 Å². The minimum Gasteiger partial charge on any atom is -0.508 e. The van der Waals surface area contributed by atoms with Crippen LogP contribution in [0.25, 0.3) is 0 Å². The molecule has 2 aliphatic heterocycles. The molecule has 2 heterocycles. The fourth-order valence-corrected chi connectivity index (χ4v) is 5.69. The van der Waals surface area contributed by atoms with Crippen LogP contribution in [-0.4, -0.2) is 87.7 Å². The quantitative estimate of drug-likeness (QED) is 0.287. The highest BCUT2D eigenvalue weighted by atomic mass is 16.5. The molecule has 11 heteroatoms. The summed E-state index contributed by atoms with van der Waals surface area (Å²) in [5, 5.41) is 15.9. The molecule has 11 nitrogen and oxygen atoms in total. The lowest BCUT2D eigenvalue weighted by Crippen LogP contribution is -2.76. The van der Waals surface area contributed by atoms with Gasteiger partial charge in [-0.25, -0.2) is 19.6 Å². The smallest absolute Gasteiger partial charge is 0.337 e. The van der Waals surface area contributed by atoms with Crippen LogP contribution in [0.3, 0.4) is 0 Å². The summed E-state index contributed by atoms with van der Waals surface area (Å²) in [6.07, 6.45) is 0.995. The molecule has 228 valence electrons. The number of nitrogens with zero attached hydrogens (tertiary/aromatic N) is 4. The van der Waals surface area contributed by atoms with E-state index in [4.69, 9.17) is 4.74 Å². The molecule has 0 aromatic heterocycles. The van der Waals surface area contributed by atoms with Crippen molar-refractivity contribution in [3.05, 3.63) is 114 Å². The first-order valence-electron chi connectivity index (χ1n) is 14.3. The van der Waals surface area contributed by atoms with Crippen molar-refractivity contribution in [3.63, 3.8) is 0 Å². The number of hydrogen-bond acceptors (Lipinski definition) is 7. The largest absolute Gasteiger partial charge is 0.508 e. The zero-order chi connectivity index (χ0) is 31.2. The molecule has 44 heavy (non-hydrogen) atoms. The van der Waals surface area contributed by atoms with Crippen LogP contribution in [0.15, 0.2) is 91.5 Å². The van der Waals surface area contributed by atoms with Crippen LogP contribution in [0.4, 0.5) is 4.79 Å². The molecule has 2 saturated heterocycles. The highest BCUT2D eigenvalue weighted by molar-refractivity contribution is 5.92. The minimum absolute atomic E-state index is 0.0471. The highest BCUT2D eigenvalue weighted by Gasteiger charge is 2.51. The predicted molar refractivity (Wildman–Crippen MR) is 162 cm³/mol. The lowest BCUT2D eigenvalue weighted by molar-refractivity contribution is -0.189. The van der Waals surface area contributed by atoms with Gasteiger partial charge in [0.15, 0.2) is 0 Å². The molecule has 2 atom stereocenters. The lowest BCUT2D eigenvalue weighted by Gasteiger charge is -2.55. The van der Waals surface area contributed by atoms with Crippen molar-refractivity contribution in [3.8, 4) is 5.75 Å². The summed E-state index contributed by atoms with van der Waals surface area (Å²) in [6, 6.07) is 21.5. The summed E-state index contributed by atoms with van der Waals surface area (Å²) in [5.74, 6) is -0.974. The Kier molecular flexibility index (Phi) is 9.25. The van der Waals surface area contributed by atoms with Gasteiger partial charge in [0.25, 0.3) is 0 Å². The number of urea groups is 1. The van der Waals surface area contributed by atoms with E-state index in [-0.39, 0.29) is 56.7 Å². The van der Waals surface area contributed by atoms with Crippen LogP contribution >= 0.6 is 0 Å². The van der Waals surface area contributed by atoms with Crippen LogP contribution in [0.1, 0.15) is 27.0 Å². The van der Waals surface area contributed by atoms with Crippen LogP contribution in [0.2, 0.25) is 0 Å². The molecule has 0 spiro atoms. The normalized spacial score (nSPS) is 18.5. The van der Waals surface area contributed by atoms with Gasteiger partial charge in [-0.1, -0.05) is 60.7 Å². The van der Waals surface area contributed by atoms with Gasteiger partial charge < -0.3 is 25.0 Å². The Morgan fingerprint density at radius 3 is 2.43 bits per heavy atom. The number of fused-ring (bicyclic) bond motifs is 1. The number of carbonyl (C=O) groups excluding carboxylic acids is 4. The second kappa shape index (κ2) is 13.4.